The molecule has 7 heteroatoms. The second-order valence-corrected chi connectivity index (χ2v) is 10.2. The van der Waals surface area contributed by atoms with Crippen LogP contribution in [0.4, 0.5) is 17.6 Å². The van der Waals surface area contributed by atoms with E-state index in [1.54, 1.807) is 0 Å². The molecule has 1 aromatic rings. The average Bonchev–Trinajstić information content (AvgIpc) is 2.81. The van der Waals surface area contributed by atoms with Crippen molar-refractivity contribution < 1.29 is 31.8 Å². The van der Waals surface area contributed by atoms with Crippen molar-refractivity contribution in [2.45, 2.75) is 149 Å². The largest absolute Gasteiger partial charge is 0.327 e. The summed E-state index contributed by atoms with van der Waals surface area (Å²) in [6.45, 7) is 9.32. The number of aryl methyl sites for hydroxylation is 1. The summed E-state index contributed by atoms with van der Waals surface area (Å²) in [6, 6.07) is 0.753. The van der Waals surface area contributed by atoms with Gasteiger partial charge < -0.3 is 14.2 Å². The summed E-state index contributed by atoms with van der Waals surface area (Å²) in [5, 5.41) is 0. The van der Waals surface area contributed by atoms with Gasteiger partial charge in [0.15, 0.2) is 23.3 Å². The first-order chi connectivity index (χ1) is 17.1. The zero-order chi connectivity index (χ0) is 26.9. The Morgan fingerprint density at radius 3 is 1.64 bits per heavy atom. The van der Waals surface area contributed by atoms with Gasteiger partial charge in [-0.25, -0.2) is 17.6 Å². The minimum Gasteiger partial charge on any atom is -0.327 e. The van der Waals surface area contributed by atoms with Crippen LogP contribution in [0.1, 0.15) is 124 Å². The maximum atomic E-state index is 13.8. The van der Waals surface area contributed by atoms with E-state index in [4.69, 9.17) is 14.2 Å². The van der Waals surface area contributed by atoms with Crippen LogP contribution < -0.4 is 0 Å². The monoisotopic (exact) mass is 520 g/mol. The lowest BCUT2D eigenvalue weighted by molar-refractivity contribution is -0.327. The van der Waals surface area contributed by atoms with E-state index in [0.29, 0.717) is 6.42 Å². The van der Waals surface area contributed by atoms with Gasteiger partial charge in [-0.05, 0) is 65.0 Å². The van der Waals surface area contributed by atoms with E-state index in [1.807, 2.05) is 27.7 Å². The molecule has 1 rings (SSSR count). The van der Waals surface area contributed by atoms with Crippen molar-refractivity contribution in [3.63, 3.8) is 0 Å². The van der Waals surface area contributed by atoms with Crippen LogP contribution in [0.3, 0.4) is 0 Å². The van der Waals surface area contributed by atoms with Crippen LogP contribution >= 0.6 is 0 Å². The molecule has 0 saturated carbocycles. The number of hydrogen-bond donors (Lipinski definition) is 0. The van der Waals surface area contributed by atoms with Crippen LogP contribution in [0.15, 0.2) is 6.07 Å². The molecule has 1 unspecified atom stereocenters. The smallest absolute Gasteiger partial charge is 0.272 e. The van der Waals surface area contributed by atoms with Gasteiger partial charge in [0.2, 0.25) is 0 Å². The lowest BCUT2D eigenvalue weighted by Crippen LogP contribution is -2.31. The molecule has 0 N–H and O–H groups in total. The Hall–Kier alpha value is -1.18. The fourth-order valence-electron chi connectivity index (χ4n) is 4.15. The first-order valence-corrected chi connectivity index (χ1v) is 13.9. The van der Waals surface area contributed by atoms with Crippen molar-refractivity contribution in [3.8, 4) is 0 Å². The maximum Gasteiger partial charge on any atom is 0.272 e. The minimum absolute atomic E-state index is 0.0147. The fourth-order valence-corrected chi connectivity index (χ4v) is 4.15. The predicted molar refractivity (Wildman–Crippen MR) is 137 cm³/mol. The highest BCUT2D eigenvalue weighted by Crippen LogP contribution is 2.22. The highest BCUT2D eigenvalue weighted by Gasteiger charge is 2.21. The van der Waals surface area contributed by atoms with E-state index in [-0.39, 0.29) is 30.3 Å². The van der Waals surface area contributed by atoms with Gasteiger partial charge in [-0.15, -0.1) is 0 Å². The fraction of sp³-hybridized carbons (Fsp3) is 0.793. The number of hydrogen-bond acceptors (Lipinski definition) is 3. The van der Waals surface area contributed by atoms with Gasteiger partial charge in [0.1, 0.15) is 0 Å². The Labute approximate surface area is 216 Å². The van der Waals surface area contributed by atoms with Crippen LogP contribution in [-0.4, -0.2) is 24.8 Å². The predicted octanol–water partition coefficient (Wildman–Crippen LogP) is 9.40. The van der Waals surface area contributed by atoms with Crippen LogP contribution in [0.5, 0.6) is 0 Å². The summed E-state index contributed by atoms with van der Waals surface area (Å²) in [4.78, 5) is 0. The van der Waals surface area contributed by atoms with Gasteiger partial charge in [0.25, 0.3) is 6.48 Å². The minimum atomic E-state index is -1.76. The maximum absolute atomic E-state index is 13.8. The van der Waals surface area contributed by atoms with E-state index < -0.39 is 29.7 Å². The molecular formula is C29H48F4O3. The van der Waals surface area contributed by atoms with Crippen LogP contribution in [0, 0.1) is 23.3 Å². The van der Waals surface area contributed by atoms with Crippen LogP contribution in [-0.2, 0) is 20.6 Å². The number of rotatable bonds is 21. The van der Waals surface area contributed by atoms with Crippen molar-refractivity contribution in [3.05, 3.63) is 34.9 Å². The van der Waals surface area contributed by atoms with Crippen LogP contribution in [0.25, 0.3) is 0 Å². The molecule has 0 heterocycles. The van der Waals surface area contributed by atoms with E-state index in [2.05, 4.69) is 6.92 Å². The molecule has 1 aromatic carbocycles. The lowest BCUT2D eigenvalue weighted by atomic mass is 10.0. The van der Waals surface area contributed by atoms with Gasteiger partial charge in [-0.2, -0.15) is 0 Å². The third-order valence-electron chi connectivity index (χ3n) is 6.10. The molecular weight excluding hydrogens is 472 g/mol. The molecule has 0 aliphatic rings. The van der Waals surface area contributed by atoms with Gasteiger partial charge in [0, 0.05) is 0 Å². The molecule has 0 amide bonds. The van der Waals surface area contributed by atoms with E-state index in [1.165, 1.54) is 38.5 Å². The zero-order valence-corrected chi connectivity index (χ0v) is 23.0. The molecule has 0 aromatic heterocycles. The van der Waals surface area contributed by atoms with Gasteiger partial charge >= 0.3 is 0 Å². The molecule has 0 spiro atoms. The van der Waals surface area contributed by atoms with Crippen molar-refractivity contribution in [2.75, 3.05) is 0 Å². The number of benzene rings is 1. The molecule has 0 aliphatic heterocycles. The van der Waals surface area contributed by atoms with E-state index >= 15 is 0 Å². The molecule has 0 bridgehead atoms. The summed E-state index contributed by atoms with van der Waals surface area (Å²) in [6.07, 6.45) is 13.7. The van der Waals surface area contributed by atoms with E-state index in [9.17, 15) is 17.6 Å². The zero-order valence-electron chi connectivity index (χ0n) is 23.0. The number of ether oxygens (including phenoxy) is 3. The first-order valence-electron chi connectivity index (χ1n) is 13.9. The molecule has 0 saturated heterocycles. The van der Waals surface area contributed by atoms with Gasteiger partial charge in [0.05, 0.1) is 18.3 Å². The van der Waals surface area contributed by atoms with E-state index in [0.717, 1.165) is 44.6 Å². The molecule has 0 radical (unpaired) electrons. The van der Waals surface area contributed by atoms with Gasteiger partial charge in [-0.3, -0.25) is 0 Å². The molecule has 210 valence electrons. The van der Waals surface area contributed by atoms with Crippen LogP contribution in [0.2, 0.25) is 0 Å². The Bertz CT molecular complexity index is 702. The SMILES string of the molecule is CCCCCCCCCC(CCCCCCc1cc(F)c(F)c(F)c1F)OC(OC(C)C)OC(C)C. The summed E-state index contributed by atoms with van der Waals surface area (Å²) in [7, 11) is 0. The number of unbranched alkanes of at least 4 members (excludes halogenated alkanes) is 9. The topological polar surface area (TPSA) is 27.7 Å². The Kier molecular flexibility index (Phi) is 17.3. The average molecular weight is 521 g/mol. The molecule has 0 fully saturated rings. The highest BCUT2D eigenvalue weighted by molar-refractivity contribution is 5.21. The normalized spacial score (nSPS) is 12.9. The van der Waals surface area contributed by atoms with Crippen molar-refractivity contribution in [1.82, 2.24) is 0 Å². The quantitative estimate of drug-likeness (QED) is 0.0531. The molecule has 0 aliphatic carbocycles. The lowest BCUT2D eigenvalue weighted by Gasteiger charge is -2.27. The first kappa shape index (κ1) is 32.8. The summed E-state index contributed by atoms with van der Waals surface area (Å²) in [5.41, 5.74) is -0.119. The summed E-state index contributed by atoms with van der Waals surface area (Å²) in [5.74, 6) is -6.14. The third kappa shape index (κ3) is 13.9. The third-order valence-corrected chi connectivity index (χ3v) is 6.10. The Morgan fingerprint density at radius 2 is 1.11 bits per heavy atom. The summed E-state index contributed by atoms with van der Waals surface area (Å²) >= 11 is 0. The van der Waals surface area contributed by atoms with Crippen molar-refractivity contribution >= 4 is 0 Å². The highest BCUT2D eigenvalue weighted by atomic mass is 19.2. The second-order valence-electron chi connectivity index (χ2n) is 10.2. The van der Waals surface area contributed by atoms with Crippen molar-refractivity contribution in [1.29, 1.82) is 0 Å². The van der Waals surface area contributed by atoms with Gasteiger partial charge in [-0.1, -0.05) is 71.1 Å². The Balaban J connectivity index is 2.50. The molecule has 36 heavy (non-hydrogen) atoms. The standard InChI is InChI=1S/C29H48F4O3/c1-6-7-8-9-10-11-15-18-24(36-29(34-21(2)3)35-22(4)5)19-16-13-12-14-17-23-20-25(30)27(32)28(33)26(23)31/h20-22,24,29H,6-19H2,1-5H3. The molecule has 1 atom stereocenters. The van der Waals surface area contributed by atoms with Crippen molar-refractivity contribution in [2.24, 2.45) is 0 Å². The number of halogens is 4. The summed E-state index contributed by atoms with van der Waals surface area (Å²) < 4.78 is 71.7. The molecule has 3 nitrogen and oxygen atoms in total. The second kappa shape index (κ2) is 19.0. The Morgan fingerprint density at radius 1 is 0.611 bits per heavy atom.